The number of hydrogen-bond acceptors (Lipinski definition) is 3. The van der Waals surface area contributed by atoms with Gasteiger partial charge in [-0.2, -0.15) is 0 Å². The summed E-state index contributed by atoms with van der Waals surface area (Å²) in [7, 11) is 1.75. The average molecular weight is 276 g/mol. The molecule has 1 unspecified atom stereocenters. The molecule has 1 aromatic carbocycles. The quantitative estimate of drug-likeness (QED) is 0.829. The van der Waals surface area contributed by atoms with E-state index in [0.717, 1.165) is 37.2 Å². The van der Waals surface area contributed by atoms with Crippen molar-refractivity contribution in [3.8, 4) is 5.75 Å². The van der Waals surface area contributed by atoms with Crippen molar-refractivity contribution in [3.05, 3.63) is 29.8 Å². The van der Waals surface area contributed by atoms with Gasteiger partial charge in [0, 0.05) is 18.7 Å². The van der Waals surface area contributed by atoms with E-state index in [0.29, 0.717) is 0 Å². The van der Waals surface area contributed by atoms with Gasteiger partial charge in [0.05, 0.1) is 7.11 Å². The third-order valence-corrected chi connectivity index (χ3v) is 3.94. The molecule has 1 N–H and O–H groups in total. The summed E-state index contributed by atoms with van der Waals surface area (Å²) in [5.74, 6) is 2.54. The second-order valence-electron chi connectivity index (χ2n) is 6.25. The molecule has 1 aliphatic rings. The standard InChI is InChI=1S/C17H28N2O/c1-14(2)10-18-11-15-8-9-19(12-15)13-16-6-4-5-7-17(16)20-3/h4-7,14-15,18H,8-13H2,1-3H3. The average Bonchev–Trinajstić information content (AvgIpc) is 2.86. The van der Waals surface area contributed by atoms with Crippen LogP contribution in [0.5, 0.6) is 5.75 Å². The van der Waals surface area contributed by atoms with Crippen molar-refractivity contribution in [2.24, 2.45) is 11.8 Å². The zero-order valence-corrected chi connectivity index (χ0v) is 13.1. The number of methoxy groups -OCH3 is 1. The normalized spacial score (nSPS) is 19.7. The highest BCUT2D eigenvalue weighted by molar-refractivity contribution is 5.33. The first-order chi connectivity index (χ1) is 9.69. The summed E-state index contributed by atoms with van der Waals surface area (Å²) in [6, 6.07) is 8.34. The van der Waals surface area contributed by atoms with Gasteiger partial charge in [-0.25, -0.2) is 0 Å². The van der Waals surface area contributed by atoms with Gasteiger partial charge < -0.3 is 10.1 Å². The first-order valence-electron chi connectivity index (χ1n) is 7.74. The van der Waals surface area contributed by atoms with E-state index in [1.165, 1.54) is 25.1 Å². The molecular formula is C17H28N2O. The zero-order chi connectivity index (χ0) is 14.4. The minimum atomic E-state index is 0.737. The molecule has 3 nitrogen and oxygen atoms in total. The minimum Gasteiger partial charge on any atom is -0.496 e. The Kier molecular flexibility index (Phi) is 5.86. The summed E-state index contributed by atoms with van der Waals surface area (Å²) >= 11 is 0. The SMILES string of the molecule is COc1ccccc1CN1CCC(CNCC(C)C)C1. The molecule has 112 valence electrons. The van der Waals surface area contributed by atoms with Crippen LogP contribution in [0.4, 0.5) is 0 Å². The molecule has 2 rings (SSSR count). The molecule has 1 aromatic rings. The molecule has 0 aliphatic carbocycles. The van der Waals surface area contributed by atoms with Gasteiger partial charge >= 0.3 is 0 Å². The third kappa shape index (κ3) is 4.50. The van der Waals surface area contributed by atoms with E-state index in [9.17, 15) is 0 Å². The Balaban J connectivity index is 1.78. The molecule has 0 aromatic heterocycles. The Morgan fingerprint density at radius 1 is 1.35 bits per heavy atom. The van der Waals surface area contributed by atoms with Crippen LogP contribution >= 0.6 is 0 Å². The van der Waals surface area contributed by atoms with Crippen LogP contribution in [0, 0.1) is 11.8 Å². The minimum absolute atomic E-state index is 0.737. The Labute approximate surface area is 123 Å². The first-order valence-corrected chi connectivity index (χ1v) is 7.74. The van der Waals surface area contributed by atoms with Crippen LogP contribution in [-0.4, -0.2) is 38.2 Å². The van der Waals surface area contributed by atoms with E-state index in [-0.39, 0.29) is 0 Å². The van der Waals surface area contributed by atoms with E-state index in [2.05, 4.69) is 36.2 Å². The summed E-state index contributed by atoms with van der Waals surface area (Å²) in [6.07, 6.45) is 1.31. The van der Waals surface area contributed by atoms with Crippen molar-refractivity contribution >= 4 is 0 Å². The summed E-state index contributed by atoms with van der Waals surface area (Å²) in [5.41, 5.74) is 1.30. The third-order valence-electron chi connectivity index (χ3n) is 3.94. The Hall–Kier alpha value is -1.06. The first kappa shape index (κ1) is 15.3. The van der Waals surface area contributed by atoms with E-state index >= 15 is 0 Å². The van der Waals surface area contributed by atoms with Crippen LogP contribution in [0.1, 0.15) is 25.8 Å². The van der Waals surface area contributed by atoms with Crippen LogP contribution in [-0.2, 0) is 6.54 Å². The zero-order valence-electron chi connectivity index (χ0n) is 13.1. The number of rotatable bonds is 7. The Morgan fingerprint density at radius 3 is 2.90 bits per heavy atom. The number of ether oxygens (including phenoxy) is 1. The molecule has 0 amide bonds. The summed E-state index contributed by atoms with van der Waals surface area (Å²) in [4.78, 5) is 2.54. The van der Waals surface area contributed by atoms with Crippen LogP contribution in [0.15, 0.2) is 24.3 Å². The molecule has 1 atom stereocenters. The van der Waals surface area contributed by atoms with Crippen molar-refractivity contribution in [1.82, 2.24) is 10.2 Å². The molecule has 0 spiro atoms. The van der Waals surface area contributed by atoms with E-state index in [4.69, 9.17) is 4.74 Å². The molecule has 0 bridgehead atoms. The molecule has 0 saturated carbocycles. The van der Waals surface area contributed by atoms with Crippen molar-refractivity contribution in [2.75, 3.05) is 33.3 Å². The summed E-state index contributed by atoms with van der Waals surface area (Å²) < 4.78 is 5.43. The van der Waals surface area contributed by atoms with E-state index in [1.54, 1.807) is 7.11 Å². The topological polar surface area (TPSA) is 24.5 Å². The van der Waals surface area contributed by atoms with Gasteiger partial charge in [-0.15, -0.1) is 0 Å². The molecule has 1 fully saturated rings. The molecule has 0 radical (unpaired) electrons. The van der Waals surface area contributed by atoms with Crippen molar-refractivity contribution in [2.45, 2.75) is 26.8 Å². The Morgan fingerprint density at radius 2 is 2.15 bits per heavy atom. The fourth-order valence-corrected chi connectivity index (χ4v) is 2.87. The van der Waals surface area contributed by atoms with Gasteiger partial charge in [0.2, 0.25) is 0 Å². The number of para-hydroxylation sites is 1. The van der Waals surface area contributed by atoms with Crippen LogP contribution in [0.3, 0.4) is 0 Å². The smallest absolute Gasteiger partial charge is 0.123 e. The van der Waals surface area contributed by atoms with Crippen LogP contribution in [0.25, 0.3) is 0 Å². The number of nitrogens with one attached hydrogen (secondary N) is 1. The van der Waals surface area contributed by atoms with Gasteiger partial charge in [-0.05, 0) is 44.0 Å². The lowest BCUT2D eigenvalue weighted by atomic mass is 10.1. The maximum Gasteiger partial charge on any atom is 0.123 e. The van der Waals surface area contributed by atoms with Crippen LogP contribution < -0.4 is 10.1 Å². The van der Waals surface area contributed by atoms with E-state index in [1.807, 2.05) is 12.1 Å². The maximum absolute atomic E-state index is 5.43. The number of likely N-dealkylation sites (tertiary alicyclic amines) is 1. The highest BCUT2D eigenvalue weighted by atomic mass is 16.5. The predicted molar refractivity (Wildman–Crippen MR) is 84.1 cm³/mol. The summed E-state index contributed by atoms with van der Waals surface area (Å²) in [6.45, 7) is 10.2. The highest BCUT2D eigenvalue weighted by Gasteiger charge is 2.22. The molecular weight excluding hydrogens is 248 g/mol. The number of benzene rings is 1. The lowest BCUT2D eigenvalue weighted by Crippen LogP contribution is -2.28. The van der Waals surface area contributed by atoms with E-state index < -0.39 is 0 Å². The van der Waals surface area contributed by atoms with Crippen molar-refractivity contribution < 1.29 is 4.74 Å². The molecule has 1 heterocycles. The largest absolute Gasteiger partial charge is 0.496 e. The fourth-order valence-electron chi connectivity index (χ4n) is 2.87. The lowest BCUT2D eigenvalue weighted by molar-refractivity contribution is 0.305. The van der Waals surface area contributed by atoms with Gasteiger partial charge in [0.25, 0.3) is 0 Å². The lowest BCUT2D eigenvalue weighted by Gasteiger charge is -2.18. The van der Waals surface area contributed by atoms with Gasteiger partial charge in [0.1, 0.15) is 5.75 Å². The van der Waals surface area contributed by atoms with Gasteiger partial charge in [-0.1, -0.05) is 32.0 Å². The molecule has 1 aliphatic heterocycles. The second kappa shape index (κ2) is 7.65. The van der Waals surface area contributed by atoms with Crippen molar-refractivity contribution in [3.63, 3.8) is 0 Å². The molecule has 3 heteroatoms. The highest BCUT2D eigenvalue weighted by Crippen LogP contribution is 2.23. The predicted octanol–water partition coefficient (Wildman–Crippen LogP) is 2.76. The van der Waals surface area contributed by atoms with Gasteiger partial charge in [-0.3, -0.25) is 4.90 Å². The summed E-state index contributed by atoms with van der Waals surface area (Å²) in [5, 5.41) is 3.58. The fraction of sp³-hybridized carbons (Fsp3) is 0.647. The molecule has 1 saturated heterocycles. The number of hydrogen-bond donors (Lipinski definition) is 1. The van der Waals surface area contributed by atoms with Crippen molar-refractivity contribution in [1.29, 1.82) is 0 Å². The molecule has 20 heavy (non-hydrogen) atoms. The monoisotopic (exact) mass is 276 g/mol. The van der Waals surface area contributed by atoms with Gasteiger partial charge in [0.15, 0.2) is 0 Å². The van der Waals surface area contributed by atoms with Crippen LogP contribution in [0.2, 0.25) is 0 Å². The maximum atomic E-state index is 5.43. The Bertz CT molecular complexity index is 406. The number of nitrogens with zero attached hydrogens (tertiary/aromatic N) is 1. The second-order valence-corrected chi connectivity index (χ2v) is 6.25.